The molecule has 8 nitrogen and oxygen atoms in total. The van der Waals surface area contributed by atoms with Gasteiger partial charge in [0.1, 0.15) is 12.4 Å². The van der Waals surface area contributed by atoms with E-state index in [0.29, 0.717) is 28.7 Å². The molecule has 0 bridgehead atoms. The number of ether oxygens (including phenoxy) is 1. The van der Waals surface area contributed by atoms with E-state index in [1.54, 1.807) is 35.2 Å². The van der Waals surface area contributed by atoms with E-state index >= 15 is 0 Å². The molecule has 0 atom stereocenters. The van der Waals surface area contributed by atoms with Gasteiger partial charge in [0.15, 0.2) is 0 Å². The van der Waals surface area contributed by atoms with Crippen molar-refractivity contribution < 1.29 is 17.9 Å². The molecule has 0 saturated carbocycles. The number of piperazine rings is 1. The van der Waals surface area contributed by atoms with Crippen molar-refractivity contribution >= 4 is 38.9 Å². The number of likely N-dealkylation sites (N-methyl/N-ethyl adjacent to an activating group) is 2. The van der Waals surface area contributed by atoms with Crippen LogP contribution in [0.2, 0.25) is 5.02 Å². The number of hydrogen-bond acceptors (Lipinski definition) is 6. The topological polar surface area (TPSA) is 96.2 Å². The van der Waals surface area contributed by atoms with Crippen LogP contribution >= 0.6 is 11.6 Å². The van der Waals surface area contributed by atoms with E-state index < -0.39 is 10.0 Å². The third-order valence-corrected chi connectivity index (χ3v) is 6.88. The van der Waals surface area contributed by atoms with E-state index in [1.807, 2.05) is 19.0 Å². The van der Waals surface area contributed by atoms with Crippen molar-refractivity contribution in [3.05, 3.63) is 47.5 Å². The van der Waals surface area contributed by atoms with Crippen LogP contribution in [0.4, 0.5) is 11.4 Å². The quantitative estimate of drug-likeness (QED) is 0.699. The van der Waals surface area contributed by atoms with E-state index in [2.05, 4.69) is 0 Å². The Morgan fingerprint density at radius 3 is 2.50 bits per heavy atom. The summed E-state index contributed by atoms with van der Waals surface area (Å²) in [4.78, 5) is 14.8. The van der Waals surface area contributed by atoms with Crippen LogP contribution in [-0.2, 0) is 14.8 Å². The molecule has 2 aromatic carbocycles. The average Bonchev–Trinajstić information content (AvgIpc) is 2.71. The van der Waals surface area contributed by atoms with Crippen LogP contribution in [0.5, 0.6) is 5.75 Å². The van der Waals surface area contributed by atoms with Gasteiger partial charge in [-0.3, -0.25) is 14.0 Å². The van der Waals surface area contributed by atoms with Crippen LogP contribution < -0.4 is 14.8 Å². The second-order valence-corrected chi connectivity index (χ2v) is 9.46. The number of rotatable bonds is 2. The highest BCUT2D eigenvalue weighted by atomic mass is 35.5. The zero-order valence-corrected chi connectivity index (χ0v) is 18.5. The number of benzene rings is 2. The molecule has 2 aliphatic heterocycles. The molecular formula is C20H25ClN4O4S. The molecule has 0 spiro atoms. The fourth-order valence-electron chi connectivity index (χ4n) is 3.09. The Bertz CT molecular complexity index is 1030. The van der Waals surface area contributed by atoms with Gasteiger partial charge in [0, 0.05) is 30.8 Å². The summed E-state index contributed by atoms with van der Waals surface area (Å²) in [7, 11) is 0.104. The van der Waals surface area contributed by atoms with E-state index in [0.717, 1.165) is 13.1 Å². The van der Waals surface area contributed by atoms with Gasteiger partial charge in [-0.15, -0.1) is 0 Å². The normalized spacial score (nSPS) is 17.0. The smallest absolute Gasteiger partial charge is 0.264 e. The van der Waals surface area contributed by atoms with Crippen molar-refractivity contribution in [1.82, 2.24) is 9.80 Å². The second kappa shape index (κ2) is 9.11. The van der Waals surface area contributed by atoms with Gasteiger partial charge in [-0.25, -0.2) is 8.42 Å². The SMILES string of the molecule is CN1CCN(C)C(=O)C1.Nc1ccc2c(c1)N(S(=O)(=O)c1cccc(Cl)c1)CCO2. The number of nitrogen functional groups attached to an aromatic ring is 1. The summed E-state index contributed by atoms with van der Waals surface area (Å²) >= 11 is 5.89. The van der Waals surface area contributed by atoms with Gasteiger partial charge in [0.2, 0.25) is 5.91 Å². The Morgan fingerprint density at radius 2 is 1.83 bits per heavy atom. The van der Waals surface area contributed by atoms with Gasteiger partial charge in [-0.2, -0.15) is 0 Å². The molecule has 0 aliphatic carbocycles. The Morgan fingerprint density at radius 1 is 1.07 bits per heavy atom. The van der Waals surface area contributed by atoms with Crippen LogP contribution in [0.1, 0.15) is 0 Å². The van der Waals surface area contributed by atoms with Gasteiger partial charge in [-0.05, 0) is 43.4 Å². The first kappa shape index (κ1) is 22.2. The summed E-state index contributed by atoms with van der Waals surface area (Å²) in [5.74, 6) is 0.727. The summed E-state index contributed by atoms with van der Waals surface area (Å²) in [6, 6.07) is 11.1. The first-order valence-electron chi connectivity index (χ1n) is 9.41. The number of carbonyl (C=O) groups is 1. The number of carbonyl (C=O) groups excluding carboxylic acids is 1. The number of amides is 1. The van der Waals surface area contributed by atoms with Crippen molar-refractivity contribution in [3.8, 4) is 5.75 Å². The lowest BCUT2D eigenvalue weighted by Crippen LogP contribution is -2.46. The molecule has 10 heteroatoms. The Labute approximate surface area is 181 Å². The van der Waals surface area contributed by atoms with E-state index in [-0.39, 0.29) is 24.0 Å². The van der Waals surface area contributed by atoms with Gasteiger partial charge in [0.05, 0.1) is 23.7 Å². The lowest BCUT2D eigenvalue weighted by molar-refractivity contribution is -0.133. The summed E-state index contributed by atoms with van der Waals surface area (Å²) in [5, 5.41) is 0.372. The van der Waals surface area contributed by atoms with Crippen LogP contribution in [0.15, 0.2) is 47.4 Å². The average molecular weight is 453 g/mol. The van der Waals surface area contributed by atoms with Crippen LogP contribution in [0.25, 0.3) is 0 Å². The summed E-state index contributed by atoms with van der Waals surface area (Å²) in [5.41, 5.74) is 6.67. The molecule has 30 heavy (non-hydrogen) atoms. The number of nitrogens with zero attached hydrogens (tertiary/aromatic N) is 3. The molecule has 0 unspecified atom stereocenters. The number of hydrogen-bond donors (Lipinski definition) is 1. The highest BCUT2D eigenvalue weighted by Crippen LogP contribution is 2.36. The number of sulfonamides is 1. The van der Waals surface area contributed by atoms with Crippen LogP contribution in [0.3, 0.4) is 0 Å². The van der Waals surface area contributed by atoms with Gasteiger partial charge < -0.3 is 15.4 Å². The van der Waals surface area contributed by atoms with E-state index in [9.17, 15) is 13.2 Å². The minimum absolute atomic E-state index is 0.144. The Balaban J connectivity index is 0.000000239. The van der Waals surface area contributed by atoms with Crippen molar-refractivity contribution in [1.29, 1.82) is 0 Å². The number of nitrogens with two attached hydrogens (primary N) is 1. The van der Waals surface area contributed by atoms with E-state index in [4.69, 9.17) is 22.1 Å². The maximum absolute atomic E-state index is 12.8. The second-order valence-electron chi connectivity index (χ2n) is 7.16. The Kier molecular flexibility index (Phi) is 6.74. The summed E-state index contributed by atoms with van der Waals surface area (Å²) in [6.07, 6.45) is 0. The van der Waals surface area contributed by atoms with Crippen molar-refractivity contribution in [2.24, 2.45) is 0 Å². The first-order chi connectivity index (χ1) is 14.2. The molecule has 2 heterocycles. The third-order valence-electron chi connectivity index (χ3n) is 4.84. The highest BCUT2D eigenvalue weighted by Gasteiger charge is 2.30. The van der Waals surface area contributed by atoms with Crippen LogP contribution in [0, 0.1) is 0 Å². The highest BCUT2D eigenvalue weighted by molar-refractivity contribution is 7.92. The minimum atomic E-state index is -3.70. The molecule has 2 aromatic rings. The standard InChI is InChI=1S/C14H13ClN2O3S.C6H12N2O/c15-10-2-1-3-12(8-10)21(18,19)17-6-7-20-14-5-4-11(16)9-13(14)17;1-7-3-4-8(2)6(9)5-7/h1-5,8-9H,6-7,16H2;3-5H2,1-2H3. The zero-order chi connectivity index (χ0) is 21.9. The number of fused-ring (bicyclic) bond motifs is 1. The number of halogens is 1. The van der Waals surface area contributed by atoms with Gasteiger partial charge in [0.25, 0.3) is 10.0 Å². The molecular weight excluding hydrogens is 428 g/mol. The lowest BCUT2D eigenvalue weighted by Gasteiger charge is -2.30. The fourth-order valence-corrected chi connectivity index (χ4v) is 4.84. The van der Waals surface area contributed by atoms with Crippen molar-refractivity contribution in [3.63, 3.8) is 0 Å². The zero-order valence-electron chi connectivity index (χ0n) is 16.9. The van der Waals surface area contributed by atoms with Gasteiger partial charge in [-0.1, -0.05) is 17.7 Å². The van der Waals surface area contributed by atoms with Gasteiger partial charge >= 0.3 is 0 Å². The molecule has 2 N–H and O–H groups in total. The molecule has 0 radical (unpaired) electrons. The molecule has 162 valence electrons. The van der Waals surface area contributed by atoms with Crippen molar-refractivity contribution in [2.45, 2.75) is 4.90 Å². The maximum Gasteiger partial charge on any atom is 0.264 e. The molecule has 1 saturated heterocycles. The largest absolute Gasteiger partial charge is 0.489 e. The van der Waals surface area contributed by atoms with Crippen molar-refractivity contribution in [2.75, 3.05) is 56.9 Å². The molecule has 4 rings (SSSR count). The summed E-state index contributed by atoms with van der Waals surface area (Å²) < 4.78 is 32.3. The van der Waals surface area contributed by atoms with E-state index in [1.165, 1.54) is 16.4 Å². The third kappa shape index (κ3) is 4.97. The molecule has 1 fully saturated rings. The molecule has 0 aromatic heterocycles. The monoisotopic (exact) mass is 452 g/mol. The first-order valence-corrected chi connectivity index (χ1v) is 11.2. The minimum Gasteiger partial charge on any atom is -0.489 e. The number of anilines is 2. The summed E-state index contributed by atoms with van der Waals surface area (Å²) in [6.45, 7) is 2.97. The maximum atomic E-state index is 12.8. The Hall–Kier alpha value is -2.49. The lowest BCUT2D eigenvalue weighted by atomic mass is 10.2. The predicted octanol–water partition coefficient (Wildman–Crippen LogP) is 1.90. The molecule has 1 amide bonds. The fraction of sp³-hybridized carbons (Fsp3) is 0.350. The predicted molar refractivity (Wildman–Crippen MR) is 117 cm³/mol. The van der Waals surface area contributed by atoms with Crippen LogP contribution in [-0.4, -0.2) is 71.0 Å². The molecule has 2 aliphatic rings.